The van der Waals surface area contributed by atoms with Crippen LogP contribution in [0.1, 0.15) is 18.1 Å². The summed E-state index contributed by atoms with van der Waals surface area (Å²) >= 11 is 0. The van der Waals surface area contributed by atoms with Gasteiger partial charge in [-0.2, -0.15) is 5.26 Å². The Morgan fingerprint density at radius 1 is 1.25 bits per heavy atom. The lowest BCUT2D eigenvalue weighted by Gasteiger charge is -2.15. The zero-order valence-corrected chi connectivity index (χ0v) is 6.65. The average Bonchev–Trinajstić information content (AvgIpc) is 2.03. The van der Waals surface area contributed by atoms with Gasteiger partial charge in [-0.25, -0.2) is 0 Å². The van der Waals surface area contributed by atoms with Crippen molar-refractivity contribution in [3.8, 4) is 6.07 Å². The summed E-state index contributed by atoms with van der Waals surface area (Å²) in [5.41, 5.74) is 0.879. The Hall–Kier alpha value is -1.37. The third-order valence-electron chi connectivity index (χ3n) is 1.56. The molecule has 0 heterocycles. The first kappa shape index (κ1) is 8.72. The van der Waals surface area contributed by atoms with Crippen LogP contribution in [0.5, 0.6) is 0 Å². The van der Waals surface area contributed by atoms with Crippen LogP contribution >= 0.6 is 0 Å². The minimum atomic E-state index is -1.83. The van der Waals surface area contributed by atoms with Gasteiger partial charge >= 0.3 is 0 Å². The van der Waals surface area contributed by atoms with E-state index in [0.717, 1.165) is 0 Å². The highest BCUT2D eigenvalue weighted by Gasteiger charge is 2.17. The molecule has 1 rings (SSSR count). The largest absolute Gasteiger partial charge is 0.362 e. The summed E-state index contributed by atoms with van der Waals surface area (Å²) in [6.45, 7) is 1.27. The van der Waals surface area contributed by atoms with Crippen LogP contribution in [0.3, 0.4) is 0 Å². The van der Waals surface area contributed by atoms with Gasteiger partial charge in [0.15, 0.2) is 5.79 Å². The van der Waals surface area contributed by atoms with E-state index in [4.69, 9.17) is 15.5 Å². The van der Waals surface area contributed by atoms with Crippen molar-refractivity contribution in [2.24, 2.45) is 0 Å². The highest BCUT2D eigenvalue weighted by molar-refractivity contribution is 5.32. The number of rotatable bonds is 1. The second-order valence-electron chi connectivity index (χ2n) is 2.71. The van der Waals surface area contributed by atoms with Crippen LogP contribution < -0.4 is 0 Å². The summed E-state index contributed by atoms with van der Waals surface area (Å²) < 4.78 is 0. The maximum Gasteiger partial charge on any atom is 0.186 e. The SMILES string of the molecule is CC(O)(O)c1ccc(C#N)cc1. The Labute approximate surface area is 70.5 Å². The molecule has 12 heavy (non-hydrogen) atoms. The van der Waals surface area contributed by atoms with Crippen LogP contribution in [0.4, 0.5) is 0 Å². The quantitative estimate of drug-likeness (QED) is 0.599. The van der Waals surface area contributed by atoms with Gasteiger partial charge in [-0.3, -0.25) is 0 Å². The van der Waals surface area contributed by atoms with Crippen molar-refractivity contribution in [2.75, 3.05) is 0 Å². The molecule has 0 aliphatic rings. The van der Waals surface area contributed by atoms with Gasteiger partial charge in [-0.15, -0.1) is 0 Å². The lowest BCUT2D eigenvalue weighted by atomic mass is 10.1. The number of hydrogen-bond donors (Lipinski definition) is 2. The third kappa shape index (κ3) is 1.82. The van der Waals surface area contributed by atoms with E-state index in [1.807, 2.05) is 6.07 Å². The second-order valence-corrected chi connectivity index (χ2v) is 2.71. The zero-order chi connectivity index (χ0) is 9.19. The van der Waals surface area contributed by atoms with Crippen LogP contribution in [0, 0.1) is 11.3 Å². The van der Waals surface area contributed by atoms with Gasteiger partial charge in [0.2, 0.25) is 0 Å². The molecular weight excluding hydrogens is 154 g/mol. The van der Waals surface area contributed by atoms with Crippen molar-refractivity contribution in [3.63, 3.8) is 0 Å². The molecule has 3 nitrogen and oxygen atoms in total. The smallest absolute Gasteiger partial charge is 0.186 e. The van der Waals surface area contributed by atoms with E-state index in [1.54, 1.807) is 12.1 Å². The van der Waals surface area contributed by atoms with Crippen LogP contribution in [-0.2, 0) is 5.79 Å². The van der Waals surface area contributed by atoms with E-state index in [-0.39, 0.29) is 0 Å². The van der Waals surface area contributed by atoms with Gasteiger partial charge in [-0.1, -0.05) is 12.1 Å². The Morgan fingerprint density at radius 2 is 1.75 bits per heavy atom. The molecule has 0 fully saturated rings. The second kappa shape index (κ2) is 2.94. The van der Waals surface area contributed by atoms with Crippen molar-refractivity contribution in [3.05, 3.63) is 35.4 Å². The first-order valence-electron chi connectivity index (χ1n) is 3.49. The van der Waals surface area contributed by atoms with Gasteiger partial charge in [0, 0.05) is 5.56 Å². The Morgan fingerprint density at radius 3 is 2.08 bits per heavy atom. The van der Waals surface area contributed by atoms with E-state index in [9.17, 15) is 0 Å². The van der Waals surface area contributed by atoms with Crippen LogP contribution in [-0.4, -0.2) is 10.2 Å². The van der Waals surface area contributed by atoms with E-state index >= 15 is 0 Å². The Bertz CT molecular complexity index is 303. The lowest BCUT2D eigenvalue weighted by Crippen LogP contribution is -2.19. The summed E-state index contributed by atoms with van der Waals surface area (Å²) in [4.78, 5) is 0. The van der Waals surface area contributed by atoms with Crippen molar-refractivity contribution in [1.82, 2.24) is 0 Å². The molecule has 0 bridgehead atoms. The van der Waals surface area contributed by atoms with Crippen LogP contribution in [0.25, 0.3) is 0 Å². The minimum absolute atomic E-state index is 0.376. The van der Waals surface area contributed by atoms with Gasteiger partial charge < -0.3 is 10.2 Å². The summed E-state index contributed by atoms with van der Waals surface area (Å²) in [7, 11) is 0. The summed E-state index contributed by atoms with van der Waals surface area (Å²) in [6, 6.07) is 8.05. The molecule has 0 aromatic heterocycles. The molecule has 1 aromatic rings. The van der Waals surface area contributed by atoms with E-state index < -0.39 is 5.79 Å². The molecular formula is C9H9NO2. The molecule has 0 aliphatic heterocycles. The summed E-state index contributed by atoms with van der Waals surface area (Å²) in [5.74, 6) is -1.83. The number of nitrogens with zero attached hydrogens (tertiary/aromatic N) is 1. The average molecular weight is 163 g/mol. The maximum absolute atomic E-state index is 9.13. The molecule has 2 N–H and O–H groups in total. The van der Waals surface area contributed by atoms with Crippen molar-refractivity contribution in [2.45, 2.75) is 12.7 Å². The minimum Gasteiger partial charge on any atom is -0.362 e. The molecule has 0 amide bonds. The van der Waals surface area contributed by atoms with Crippen LogP contribution in [0.15, 0.2) is 24.3 Å². The highest BCUT2D eigenvalue weighted by Crippen LogP contribution is 2.16. The van der Waals surface area contributed by atoms with Gasteiger partial charge in [0.05, 0.1) is 11.6 Å². The van der Waals surface area contributed by atoms with Crippen LogP contribution in [0.2, 0.25) is 0 Å². The lowest BCUT2D eigenvalue weighted by molar-refractivity contribution is -0.152. The monoisotopic (exact) mass is 163 g/mol. The molecule has 1 aromatic carbocycles. The van der Waals surface area contributed by atoms with Gasteiger partial charge in [0.25, 0.3) is 0 Å². The Balaban J connectivity index is 3.02. The van der Waals surface area contributed by atoms with Crippen molar-refractivity contribution >= 4 is 0 Å². The molecule has 0 saturated heterocycles. The topological polar surface area (TPSA) is 64.2 Å². The van der Waals surface area contributed by atoms with Crippen molar-refractivity contribution in [1.29, 1.82) is 5.26 Å². The molecule has 62 valence electrons. The number of benzene rings is 1. The maximum atomic E-state index is 9.13. The van der Waals surface area contributed by atoms with Crippen molar-refractivity contribution < 1.29 is 10.2 Å². The predicted octanol–water partition coefficient (Wildman–Crippen LogP) is 0.716. The molecule has 0 aliphatic carbocycles. The first-order chi connectivity index (χ1) is 5.54. The summed E-state index contributed by atoms with van der Waals surface area (Å²) in [6.07, 6.45) is 0. The fourth-order valence-electron chi connectivity index (χ4n) is 0.861. The Kier molecular flexibility index (Phi) is 2.13. The fourth-order valence-corrected chi connectivity index (χ4v) is 0.861. The molecule has 0 unspecified atom stereocenters. The predicted molar refractivity (Wildman–Crippen MR) is 42.9 cm³/mol. The molecule has 0 atom stereocenters. The van der Waals surface area contributed by atoms with Gasteiger partial charge in [-0.05, 0) is 19.1 Å². The number of hydrogen-bond acceptors (Lipinski definition) is 3. The number of aliphatic hydroxyl groups is 2. The van der Waals surface area contributed by atoms with E-state index in [2.05, 4.69) is 0 Å². The first-order valence-corrected chi connectivity index (χ1v) is 3.49. The normalized spacial score (nSPS) is 10.8. The van der Waals surface area contributed by atoms with Gasteiger partial charge in [0.1, 0.15) is 0 Å². The molecule has 0 saturated carbocycles. The summed E-state index contributed by atoms with van der Waals surface area (Å²) in [5, 5.41) is 26.7. The van der Waals surface area contributed by atoms with E-state index in [0.29, 0.717) is 11.1 Å². The highest BCUT2D eigenvalue weighted by atomic mass is 16.5. The number of nitriles is 1. The third-order valence-corrected chi connectivity index (χ3v) is 1.56. The molecule has 3 heteroatoms. The zero-order valence-electron chi connectivity index (χ0n) is 6.65. The molecule has 0 spiro atoms. The fraction of sp³-hybridized carbons (Fsp3) is 0.222. The standard InChI is InChI=1S/C9H9NO2/c1-9(11,12)8-4-2-7(6-10)3-5-8/h2-5,11-12H,1H3. The molecule has 0 radical (unpaired) electrons. The van der Waals surface area contributed by atoms with E-state index in [1.165, 1.54) is 19.1 Å².